The number of amides is 3. The maximum absolute atomic E-state index is 13.1. The quantitative estimate of drug-likeness (QED) is 0.307. The Morgan fingerprint density at radius 1 is 1.04 bits per heavy atom. The first-order valence-electron chi connectivity index (χ1n) is 15.6. The van der Waals surface area contributed by atoms with Crippen molar-refractivity contribution in [1.82, 2.24) is 14.5 Å². The van der Waals surface area contributed by atoms with Gasteiger partial charge in [0, 0.05) is 57.3 Å². The van der Waals surface area contributed by atoms with Gasteiger partial charge >= 0.3 is 0 Å². The first-order valence-corrected chi connectivity index (χ1v) is 15.6. The van der Waals surface area contributed by atoms with Crippen LogP contribution in [0.2, 0.25) is 0 Å². The van der Waals surface area contributed by atoms with E-state index in [0.29, 0.717) is 53.8 Å². The number of hydrogen-bond acceptors (Lipinski definition) is 9. The van der Waals surface area contributed by atoms with Gasteiger partial charge in [-0.2, -0.15) is 0 Å². The zero-order valence-corrected chi connectivity index (χ0v) is 26.2. The van der Waals surface area contributed by atoms with E-state index in [1.807, 2.05) is 34.9 Å². The van der Waals surface area contributed by atoms with E-state index >= 15 is 0 Å². The van der Waals surface area contributed by atoms with Gasteiger partial charge in [0.05, 0.1) is 68.2 Å². The fourth-order valence-corrected chi connectivity index (χ4v) is 5.92. The molecule has 0 aliphatic carbocycles. The van der Waals surface area contributed by atoms with Crippen molar-refractivity contribution in [1.29, 1.82) is 0 Å². The summed E-state index contributed by atoms with van der Waals surface area (Å²) in [6.07, 6.45) is 7.99. The number of aryl methyl sites for hydroxylation is 1. The lowest BCUT2D eigenvalue weighted by molar-refractivity contribution is -0.116. The molecule has 1 aromatic carbocycles. The van der Waals surface area contributed by atoms with E-state index in [1.165, 1.54) is 7.11 Å². The molecule has 13 heteroatoms. The van der Waals surface area contributed by atoms with E-state index < -0.39 is 0 Å². The summed E-state index contributed by atoms with van der Waals surface area (Å²) in [5, 5.41) is 5.79. The maximum atomic E-state index is 13.1. The summed E-state index contributed by atoms with van der Waals surface area (Å²) in [6, 6.07) is 8.96. The molecule has 2 fully saturated rings. The molecule has 5 heterocycles. The SMILES string of the molecule is COc1cc2c(cc1OCCCC(=O)Nc1cc(CC(=O)Nc3ccc(N4CCOCC4)nc3)n(C)c1)N=C[C@@H]1CCCN1C2=O. The first-order chi connectivity index (χ1) is 22.4. The van der Waals surface area contributed by atoms with Crippen molar-refractivity contribution < 1.29 is 28.6 Å². The van der Waals surface area contributed by atoms with Crippen LogP contribution in [-0.4, -0.2) is 91.0 Å². The molecule has 13 nitrogen and oxygen atoms in total. The molecule has 0 spiro atoms. The Balaban J connectivity index is 0.965. The normalized spacial score (nSPS) is 17.3. The van der Waals surface area contributed by atoms with Crippen molar-refractivity contribution in [3.8, 4) is 11.5 Å². The lowest BCUT2D eigenvalue weighted by atomic mass is 10.1. The average Bonchev–Trinajstić information content (AvgIpc) is 3.64. The minimum atomic E-state index is -0.180. The van der Waals surface area contributed by atoms with Crippen LogP contribution in [0.25, 0.3) is 0 Å². The van der Waals surface area contributed by atoms with E-state index in [9.17, 15) is 14.4 Å². The third kappa shape index (κ3) is 7.15. The fraction of sp³-hybridized carbons (Fsp3) is 0.424. The molecule has 0 unspecified atom stereocenters. The molecule has 3 aliphatic rings. The summed E-state index contributed by atoms with van der Waals surface area (Å²) in [5.41, 5.74) is 3.05. The second kappa shape index (κ2) is 14.0. The summed E-state index contributed by atoms with van der Waals surface area (Å²) < 4.78 is 18.7. The number of morpholine rings is 1. The van der Waals surface area contributed by atoms with Gasteiger partial charge in [0.15, 0.2) is 11.5 Å². The monoisotopic (exact) mass is 629 g/mol. The Bertz CT molecular complexity index is 1610. The molecule has 0 radical (unpaired) electrons. The minimum absolute atomic E-state index is 0.0215. The Hall–Kier alpha value is -4.91. The van der Waals surface area contributed by atoms with E-state index in [1.54, 1.807) is 30.6 Å². The van der Waals surface area contributed by atoms with Gasteiger partial charge in [-0.1, -0.05) is 0 Å². The Kier molecular flexibility index (Phi) is 9.48. The summed E-state index contributed by atoms with van der Waals surface area (Å²) in [6.45, 7) is 3.95. The third-order valence-electron chi connectivity index (χ3n) is 8.36. The van der Waals surface area contributed by atoms with Crippen molar-refractivity contribution in [2.24, 2.45) is 12.0 Å². The molecule has 2 aromatic heterocycles. The number of rotatable bonds is 11. The standard InChI is InChI=1S/C33H39N7O6/c1-38-21-23(15-25(38)16-32(42)36-22-7-8-30(35-19-22)39-10-13-45-14-11-39)37-31(41)6-4-12-46-29-18-27-26(17-28(29)44-2)33(43)40-9-3-5-24(40)20-34-27/h7-8,15,17-21,24H,3-6,9-14,16H2,1-2H3,(H,36,42)(H,37,41)/t24-/m0/s1. The van der Waals surface area contributed by atoms with Crippen LogP contribution < -0.4 is 25.0 Å². The number of pyridine rings is 1. The molecule has 46 heavy (non-hydrogen) atoms. The van der Waals surface area contributed by atoms with Crippen molar-refractivity contribution in [3.63, 3.8) is 0 Å². The van der Waals surface area contributed by atoms with Gasteiger partial charge in [0.1, 0.15) is 5.82 Å². The molecule has 6 rings (SSSR count). The highest BCUT2D eigenvalue weighted by Crippen LogP contribution is 2.38. The number of ether oxygens (including phenoxy) is 3. The number of fused-ring (bicyclic) bond motifs is 2. The van der Waals surface area contributed by atoms with E-state index in [2.05, 4.69) is 25.5 Å². The highest BCUT2D eigenvalue weighted by atomic mass is 16.5. The van der Waals surface area contributed by atoms with Gasteiger partial charge < -0.3 is 39.2 Å². The van der Waals surface area contributed by atoms with Crippen LogP contribution in [0.5, 0.6) is 11.5 Å². The number of anilines is 3. The molecule has 1 atom stereocenters. The van der Waals surface area contributed by atoms with Crippen LogP contribution in [0.4, 0.5) is 22.9 Å². The fourth-order valence-electron chi connectivity index (χ4n) is 5.92. The third-order valence-corrected chi connectivity index (χ3v) is 8.36. The van der Waals surface area contributed by atoms with Gasteiger partial charge in [-0.05, 0) is 43.5 Å². The Labute approximate surface area is 267 Å². The minimum Gasteiger partial charge on any atom is -0.493 e. The number of aromatic nitrogens is 2. The molecule has 0 saturated carbocycles. The van der Waals surface area contributed by atoms with Crippen LogP contribution in [0, 0.1) is 0 Å². The van der Waals surface area contributed by atoms with Gasteiger partial charge in [-0.15, -0.1) is 0 Å². The van der Waals surface area contributed by atoms with Crippen LogP contribution >= 0.6 is 0 Å². The van der Waals surface area contributed by atoms with Crippen LogP contribution in [0.15, 0.2) is 47.7 Å². The number of carbonyl (C=O) groups excluding carboxylic acids is 3. The number of methoxy groups -OCH3 is 1. The van der Waals surface area contributed by atoms with E-state index in [-0.39, 0.29) is 43.2 Å². The van der Waals surface area contributed by atoms with Crippen LogP contribution in [0.1, 0.15) is 41.7 Å². The molecule has 3 aromatic rings. The highest BCUT2D eigenvalue weighted by molar-refractivity contribution is 6.03. The lowest BCUT2D eigenvalue weighted by Crippen LogP contribution is -2.36. The van der Waals surface area contributed by atoms with Gasteiger partial charge in [0.25, 0.3) is 5.91 Å². The zero-order valence-electron chi connectivity index (χ0n) is 26.2. The number of aliphatic imine (C=N–C) groups is 1. The average molecular weight is 630 g/mol. The second-order valence-electron chi connectivity index (χ2n) is 11.6. The molecule has 2 N–H and O–H groups in total. The molecular formula is C33H39N7O6. The van der Waals surface area contributed by atoms with Crippen molar-refractivity contribution in [3.05, 3.63) is 54.0 Å². The lowest BCUT2D eigenvalue weighted by Gasteiger charge is -2.27. The topological polar surface area (TPSA) is 140 Å². The summed E-state index contributed by atoms with van der Waals surface area (Å²) in [5.74, 6) is 1.39. The number of nitrogens with zero attached hydrogens (tertiary/aromatic N) is 5. The first kappa shape index (κ1) is 31.1. The number of nitrogens with one attached hydrogen (secondary N) is 2. The number of carbonyl (C=O) groups is 3. The summed E-state index contributed by atoms with van der Waals surface area (Å²) in [7, 11) is 3.37. The largest absolute Gasteiger partial charge is 0.493 e. The molecule has 242 valence electrons. The predicted octanol–water partition coefficient (Wildman–Crippen LogP) is 3.56. The van der Waals surface area contributed by atoms with Crippen LogP contribution in [0.3, 0.4) is 0 Å². The molecule has 3 amide bonds. The van der Waals surface area contributed by atoms with Crippen molar-refractivity contribution >= 4 is 46.8 Å². The van der Waals surface area contributed by atoms with Gasteiger partial charge in [-0.3, -0.25) is 19.4 Å². The second-order valence-corrected chi connectivity index (χ2v) is 11.6. The Morgan fingerprint density at radius 3 is 2.65 bits per heavy atom. The maximum Gasteiger partial charge on any atom is 0.256 e. The molecule has 2 saturated heterocycles. The summed E-state index contributed by atoms with van der Waals surface area (Å²) in [4.78, 5) is 51.5. The van der Waals surface area contributed by atoms with Crippen LogP contribution in [-0.2, 0) is 27.8 Å². The van der Waals surface area contributed by atoms with Gasteiger partial charge in [0.2, 0.25) is 11.8 Å². The smallest absolute Gasteiger partial charge is 0.256 e. The molecule has 3 aliphatic heterocycles. The van der Waals surface area contributed by atoms with Crippen molar-refractivity contribution in [2.45, 2.75) is 38.1 Å². The number of benzene rings is 1. The van der Waals surface area contributed by atoms with E-state index in [4.69, 9.17) is 14.2 Å². The predicted molar refractivity (Wildman–Crippen MR) is 174 cm³/mol. The number of hydrogen-bond donors (Lipinski definition) is 2. The molecular weight excluding hydrogens is 590 g/mol. The van der Waals surface area contributed by atoms with E-state index in [0.717, 1.165) is 44.0 Å². The zero-order chi connectivity index (χ0) is 32.0. The van der Waals surface area contributed by atoms with Crippen molar-refractivity contribution in [2.75, 3.05) is 62.1 Å². The highest BCUT2D eigenvalue weighted by Gasteiger charge is 2.32. The molecule has 0 bridgehead atoms. The van der Waals surface area contributed by atoms with Gasteiger partial charge in [-0.25, -0.2) is 4.98 Å². The Morgan fingerprint density at radius 2 is 1.87 bits per heavy atom. The summed E-state index contributed by atoms with van der Waals surface area (Å²) >= 11 is 0.